The molecule has 0 aliphatic carbocycles. The number of nitrogens with one attached hydrogen (secondary N) is 1. The van der Waals surface area contributed by atoms with Gasteiger partial charge in [0, 0.05) is 6.04 Å². The Hall–Kier alpha value is -2.00. The van der Waals surface area contributed by atoms with Crippen LogP contribution in [0.3, 0.4) is 0 Å². The minimum absolute atomic E-state index is 0.132. The van der Waals surface area contributed by atoms with E-state index in [0.717, 1.165) is 23.8 Å². The van der Waals surface area contributed by atoms with Crippen LogP contribution in [-0.4, -0.2) is 18.7 Å². The average Bonchev–Trinajstić information content (AvgIpc) is 3.05. The summed E-state index contributed by atoms with van der Waals surface area (Å²) in [5, 5.41) is 3.48. The first-order valence-corrected chi connectivity index (χ1v) is 7.55. The Balaban J connectivity index is 1.73. The lowest BCUT2D eigenvalue weighted by Gasteiger charge is -2.22. The third-order valence-corrected chi connectivity index (χ3v) is 3.80. The van der Waals surface area contributed by atoms with E-state index in [1.54, 1.807) is 0 Å². The van der Waals surface area contributed by atoms with Crippen LogP contribution in [0, 0.1) is 0 Å². The summed E-state index contributed by atoms with van der Waals surface area (Å²) < 4.78 is 12.0. The molecule has 2 atom stereocenters. The molecule has 2 unspecified atom stereocenters. The fourth-order valence-corrected chi connectivity index (χ4v) is 2.64. The lowest BCUT2D eigenvalue weighted by molar-refractivity contribution is 0.174. The summed E-state index contributed by atoms with van der Waals surface area (Å²) >= 11 is 0. The van der Waals surface area contributed by atoms with Gasteiger partial charge in [-0.05, 0) is 50.6 Å². The number of benzene rings is 2. The van der Waals surface area contributed by atoms with Gasteiger partial charge in [0.05, 0.1) is 0 Å². The first-order valence-electron chi connectivity index (χ1n) is 7.55. The number of hydrogen-bond donors (Lipinski definition) is 1. The molecule has 21 heavy (non-hydrogen) atoms. The molecule has 1 aliphatic heterocycles. The molecule has 2 aromatic carbocycles. The number of hydrogen-bond acceptors (Lipinski definition) is 3. The highest BCUT2D eigenvalue weighted by molar-refractivity contribution is 5.42. The molecular weight excluding hydrogens is 262 g/mol. The van der Waals surface area contributed by atoms with E-state index in [9.17, 15) is 0 Å². The molecule has 3 nitrogen and oxygen atoms in total. The maximum atomic E-state index is 6.11. The number of ether oxygens (including phenoxy) is 2. The summed E-state index contributed by atoms with van der Waals surface area (Å²) in [5.41, 5.74) is 0. The van der Waals surface area contributed by atoms with Gasteiger partial charge in [-0.25, -0.2) is 0 Å². The van der Waals surface area contributed by atoms with Crippen molar-refractivity contribution < 1.29 is 9.47 Å². The predicted molar refractivity (Wildman–Crippen MR) is 84.1 cm³/mol. The van der Waals surface area contributed by atoms with E-state index >= 15 is 0 Å². The third-order valence-electron chi connectivity index (χ3n) is 3.80. The minimum atomic E-state index is 0.132. The first kappa shape index (κ1) is 14.0. The Morgan fingerprint density at radius 1 is 1.00 bits per heavy atom. The highest BCUT2D eigenvalue weighted by Crippen LogP contribution is 2.32. The van der Waals surface area contributed by atoms with Crippen molar-refractivity contribution in [2.24, 2.45) is 0 Å². The zero-order valence-electron chi connectivity index (χ0n) is 12.3. The molecule has 0 amide bonds. The van der Waals surface area contributed by atoms with Gasteiger partial charge in [0.25, 0.3) is 0 Å². The molecule has 1 saturated heterocycles. The molecule has 0 bridgehead atoms. The quantitative estimate of drug-likeness (QED) is 0.899. The Morgan fingerprint density at radius 2 is 1.71 bits per heavy atom. The second kappa shape index (κ2) is 6.64. The van der Waals surface area contributed by atoms with E-state index in [1.165, 1.54) is 12.8 Å². The lowest BCUT2D eigenvalue weighted by Crippen LogP contribution is -2.36. The van der Waals surface area contributed by atoms with E-state index in [1.807, 2.05) is 54.6 Å². The van der Waals surface area contributed by atoms with Gasteiger partial charge in [-0.2, -0.15) is 0 Å². The molecule has 3 heteroatoms. The van der Waals surface area contributed by atoms with E-state index in [2.05, 4.69) is 12.2 Å². The summed E-state index contributed by atoms with van der Waals surface area (Å²) in [5.74, 6) is 2.37. The standard InChI is InChI=1S/C18H21NO2/c1-14(16-10-7-13-19-16)20-17-11-5-6-12-18(17)21-15-8-3-2-4-9-15/h2-6,8-9,11-12,14,16,19H,7,10,13H2,1H3. The van der Waals surface area contributed by atoms with Crippen LogP contribution in [0.15, 0.2) is 54.6 Å². The van der Waals surface area contributed by atoms with Crippen molar-refractivity contribution in [2.45, 2.75) is 31.9 Å². The van der Waals surface area contributed by atoms with Gasteiger partial charge >= 0.3 is 0 Å². The molecule has 0 aromatic heterocycles. The summed E-state index contributed by atoms with van der Waals surface area (Å²) in [4.78, 5) is 0. The van der Waals surface area contributed by atoms with Crippen LogP contribution >= 0.6 is 0 Å². The molecule has 110 valence electrons. The SMILES string of the molecule is CC(Oc1ccccc1Oc1ccccc1)C1CCCN1. The number of rotatable bonds is 5. The van der Waals surface area contributed by atoms with Crippen LogP contribution in [0.4, 0.5) is 0 Å². The molecule has 0 spiro atoms. The smallest absolute Gasteiger partial charge is 0.169 e. The number of para-hydroxylation sites is 3. The van der Waals surface area contributed by atoms with E-state index in [4.69, 9.17) is 9.47 Å². The average molecular weight is 283 g/mol. The largest absolute Gasteiger partial charge is 0.485 e. The molecule has 1 heterocycles. The van der Waals surface area contributed by atoms with Gasteiger partial charge in [0.15, 0.2) is 11.5 Å². The molecule has 1 N–H and O–H groups in total. The highest BCUT2D eigenvalue weighted by atomic mass is 16.5. The molecule has 0 radical (unpaired) electrons. The fraction of sp³-hybridized carbons (Fsp3) is 0.333. The van der Waals surface area contributed by atoms with Crippen LogP contribution in [0.2, 0.25) is 0 Å². The fourth-order valence-electron chi connectivity index (χ4n) is 2.64. The summed E-state index contributed by atoms with van der Waals surface area (Å²) in [6.45, 7) is 3.20. The van der Waals surface area contributed by atoms with Crippen LogP contribution in [-0.2, 0) is 0 Å². The normalized spacial score (nSPS) is 19.2. The molecule has 1 aliphatic rings. The lowest BCUT2D eigenvalue weighted by atomic mass is 10.1. The van der Waals surface area contributed by atoms with Crippen molar-refractivity contribution in [1.29, 1.82) is 0 Å². The van der Waals surface area contributed by atoms with Crippen molar-refractivity contribution in [3.63, 3.8) is 0 Å². The molecule has 3 rings (SSSR count). The topological polar surface area (TPSA) is 30.5 Å². The van der Waals surface area contributed by atoms with Gasteiger partial charge in [0.1, 0.15) is 11.9 Å². The van der Waals surface area contributed by atoms with E-state index < -0.39 is 0 Å². The third kappa shape index (κ3) is 3.56. The summed E-state index contributed by atoms with van der Waals surface area (Å²) in [6.07, 6.45) is 2.52. The van der Waals surface area contributed by atoms with Gasteiger partial charge in [-0.3, -0.25) is 0 Å². The molecule has 2 aromatic rings. The van der Waals surface area contributed by atoms with Gasteiger partial charge in [0.2, 0.25) is 0 Å². The van der Waals surface area contributed by atoms with Crippen LogP contribution < -0.4 is 14.8 Å². The zero-order valence-corrected chi connectivity index (χ0v) is 12.3. The maximum Gasteiger partial charge on any atom is 0.169 e. The van der Waals surface area contributed by atoms with Crippen molar-refractivity contribution in [2.75, 3.05) is 6.54 Å². The predicted octanol–water partition coefficient (Wildman–Crippen LogP) is 4.00. The Labute approximate surface area is 125 Å². The van der Waals surface area contributed by atoms with Crippen molar-refractivity contribution in [3.8, 4) is 17.2 Å². The zero-order chi connectivity index (χ0) is 14.5. The maximum absolute atomic E-state index is 6.11. The van der Waals surface area contributed by atoms with Crippen LogP contribution in [0.25, 0.3) is 0 Å². The molecule has 0 saturated carbocycles. The second-order valence-corrected chi connectivity index (χ2v) is 5.39. The van der Waals surface area contributed by atoms with Crippen molar-refractivity contribution in [3.05, 3.63) is 54.6 Å². The monoisotopic (exact) mass is 283 g/mol. The summed E-state index contributed by atoms with van der Waals surface area (Å²) in [7, 11) is 0. The van der Waals surface area contributed by atoms with Crippen molar-refractivity contribution in [1.82, 2.24) is 5.32 Å². The van der Waals surface area contributed by atoms with Crippen molar-refractivity contribution >= 4 is 0 Å². The Morgan fingerprint density at radius 3 is 2.43 bits per heavy atom. The molecular formula is C18H21NO2. The van der Waals surface area contributed by atoms with E-state index in [-0.39, 0.29) is 6.10 Å². The summed E-state index contributed by atoms with van der Waals surface area (Å²) in [6, 6.07) is 18.1. The van der Waals surface area contributed by atoms with E-state index in [0.29, 0.717) is 6.04 Å². The van der Waals surface area contributed by atoms with Crippen LogP contribution in [0.1, 0.15) is 19.8 Å². The van der Waals surface area contributed by atoms with Gasteiger partial charge in [-0.1, -0.05) is 30.3 Å². The van der Waals surface area contributed by atoms with Crippen LogP contribution in [0.5, 0.6) is 17.2 Å². The van der Waals surface area contributed by atoms with Gasteiger partial charge < -0.3 is 14.8 Å². The molecule has 1 fully saturated rings. The minimum Gasteiger partial charge on any atom is -0.485 e. The van der Waals surface area contributed by atoms with Gasteiger partial charge in [-0.15, -0.1) is 0 Å². The first-order chi connectivity index (χ1) is 10.3. The Bertz CT molecular complexity index is 564. The highest BCUT2D eigenvalue weighted by Gasteiger charge is 2.23. The second-order valence-electron chi connectivity index (χ2n) is 5.39. The Kier molecular flexibility index (Phi) is 4.41.